The summed E-state index contributed by atoms with van der Waals surface area (Å²) in [4.78, 5) is 13.0. The molecule has 1 aliphatic carbocycles. The van der Waals surface area contributed by atoms with Crippen LogP contribution < -0.4 is 0 Å². The average molecular weight is 311 g/mol. The Kier molecular flexibility index (Phi) is 7.58. The number of carbonyl (C=O) groups excluding carboxylic acids is 1. The van der Waals surface area contributed by atoms with Crippen molar-refractivity contribution in [2.45, 2.75) is 98.0 Å². The van der Waals surface area contributed by atoms with Crippen molar-refractivity contribution in [1.82, 2.24) is 0 Å². The summed E-state index contributed by atoms with van der Waals surface area (Å²) >= 11 is 0. The summed E-state index contributed by atoms with van der Waals surface area (Å²) < 4.78 is 5.93. The molecule has 2 nitrogen and oxygen atoms in total. The van der Waals surface area contributed by atoms with Crippen LogP contribution in [0.1, 0.15) is 92.4 Å². The molecule has 0 aromatic heterocycles. The molecule has 2 atom stereocenters. The van der Waals surface area contributed by atoms with Gasteiger partial charge in [0.05, 0.1) is 0 Å². The molecule has 2 heteroatoms. The van der Waals surface area contributed by atoms with Gasteiger partial charge in [-0.2, -0.15) is 0 Å². The predicted molar refractivity (Wildman–Crippen MR) is 94.1 cm³/mol. The molecule has 0 aromatic carbocycles. The van der Waals surface area contributed by atoms with E-state index in [9.17, 15) is 4.79 Å². The normalized spacial score (nSPS) is 28.0. The second kappa shape index (κ2) is 8.47. The number of unbranched alkanes of at least 4 members (excludes halogenated alkanes) is 3. The van der Waals surface area contributed by atoms with Gasteiger partial charge in [0.15, 0.2) is 5.78 Å². The molecule has 0 saturated heterocycles. The van der Waals surface area contributed by atoms with E-state index >= 15 is 0 Å². The minimum atomic E-state index is -0.566. The lowest BCUT2D eigenvalue weighted by atomic mass is 9.58. The maximum absolute atomic E-state index is 13.0. The molecule has 0 aromatic rings. The van der Waals surface area contributed by atoms with E-state index in [1.165, 1.54) is 32.1 Å². The maximum atomic E-state index is 13.0. The molecule has 1 fully saturated rings. The first-order chi connectivity index (χ1) is 10.3. The average Bonchev–Trinajstić information content (AvgIpc) is 2.42. The third-order valence-electron chi connectivity index (χ3n) is 5.81. The van der Waals surface area contributed by atoms with Crippen molar-refractivity contribution >= 4 is 5.78 Å². The summed E-state index contributed by atoms with van der Waals surface area (Å²) in [6.45, 7) is 11.2. The Labute approximate surface area is 138 Å². The van der Waals surface area contributed by atoms with Crippen LogP contribution in [0.15, 0.2) is 0 Å². The van der Waals surface area contributed by atoms with E-state index in [1.807, 2.05) is 0 Å². The fourth-order valence-corrected chi connectivity index (χ4v) is 4.53. The monoisotopic (exact) mass is 310 g/mol. The minimum Gasteiger partial charge on any atom is -0.370 e. The Morgan fingerprint density at radius 3 is 2.36 bits per heavy atom. The first-order valence-electron chi connectivity index (χ1n) is 9.36. The Hall–Kier alpha value is -0.370. The molecule has 0 radical (unpaired) electrons. The molecule has 0 heterocycles. The van der Waals surface area contributed by atoms with Gasteiger partial charge >= 0.3 is 0 Å². The molecule has 0 amide bonds. The van der Waals surface area contributed by atoms with Crippen LogP contribution in [0.3, 0.4) is 0 Å². The van der Waals surface area contributed by atoms with Gasteiger partial charge in [-0.05, 0) is 31.1 Å². The minimum absolute atomic E-state index is 0.0475. The van der Waals surface area contributed by atoms with E-state index < -0.39 is 5.60 Å². The van der Waals surface area contributed by atoms with Crippen molar-refractivity contribution in [2.24, 2.45) is 17.3 Å². The van der Waals surface area contributed by atoms with Gasteiger partial charge in [0, 0.05) is 18.9 Å². The van der Waals surface area contributed by atoms with Crippen molar-refractivity contribution in [3.63, 3.8) is 0 Å². The van der Waals surface area contributed by atoms with Crippen molar-refractivity contribution < 1.29 is 9.53 Å². The number of methoxy groups -OCH3 is 1. The molecule has 22 heavy (non-hydrogen) atoms. The molecule has 2 unspecified atom stereocenters. The molecular formula is C20H38O2. The van der Waals surface area contributed by atoms with E-state index in [2.05, 4.69) is 34.6 Å². The van der Waals surface area contributed by atoms with Crippen molar-refractivity contribution in [3.05, 3.63) is 0 Å². The second-order valence-electron chi connectivity index (χ2n) is 8.39. The first kappa shape index (κ1) is 19.7. The summed E-state index contributed by atoms with van der Waals surface area (Å²) in [5.74, 6) is 1.47. The van der Waals surface area contributed by atoms with Gasteiger partial charge in [-0.3, -0.25) is 4.79 Å². The van der Waals surface area contributed by atoms with Crippen molar-refractivity contribution in [2.75, 3.05) is 7.11 Å². The van der Waals surface area contributed by atoms with Gasteiger partial charge in [0.25, 0.3) is 0 Å². The van der Waals surface area contributed by atoms with E-state index in [-0.39, 0.29) is 5.41 Å². The Bertz CT molecular complexity index is 346. The van der Waals surface area contributed by atoms with Crippen molar-refractivity contribution in [3.8, 4) is 0 Å². The number of ether oxygens (including phenoxy) is 1. The van der Waals surface area contributed by atoms with Gasteiger partial charge in [-0.25, -0.2) is 0 Å². The van der Waals surface area contributed by atoms with Crippen LogP contribution in [-0.4, -0.2) is 18.5 Å². The lowest BCUT2D eigenvalue weighted by molar-refractivity contribution is -0.179. The fourth-order valence-electron chi connectivity index (χ4n) is 4.53. The summed E-state index contributed by atoms with van der Waals surface area (Å²) in [6.07, 6.45) is 10.1. The zero-order valence-corrected chi connectivity index (χ0v) is 15.8. The van der Waals surface area contributed by atoms with Gasteiger partial charge in [0.1, 0.15) is 5.60 Å². The lowest BCUT2D eigenvalue weighted by Gasteiger charge is -2.51. The standard InChI is InChI=1S/C20H38O2/c1-16(2)12-9-7-8-10-14-18(21)20(22-6)17(3)13-11-15-19(20,4)5/h16-17H,7-15H2,1-6H3. The van der Waals surface area contributed by atoms with Crippen LogP contribution >= 0.6 is 0 Å². The van der Waals surface area contributed by atoms with Gasteiger partial charge in [-0.1, -0.05) is 66.7 Å². The summed E-state index contributed by atoms with van der Waals surface area (Å²) in [7, 11) is 1.74. The Balaban J connectivity index is 2.53. The summed E-state index contributed by atoms with van der Waals surface area (Å²) in [5.41, 5.74) is -0.614. The lowest BCUT2D eigenvalue weighted by Crippen LogP contribution is -2.59. The summed E-state index contributed by atoms with van der Waals surface area (Å²) in [6, 6.07) is 0. The molecule has 1 saturated carbocycles. The van der Waals surface area contributed by atoms with E-state index in [1.54, 1.807) is 7.11 Å². The highest BCUT2D eigenvalue weighted by molar-refractivity contribution is 5.88. The highest BCUT2D eigenvalue weighted by Gasteiger charge is 2.55. The highest BCUT2D eigenvalue weighted by Crippen LogP contribution is 2.50. The number of hydrogen-bond donors (Lipinski definition) is 0. The second-order valence-corrected chi connectivity index (χ2v) is 8.39. The molecule has 0 aliphatic heterocycles. The fraction of sp³-hybridized carbons (Fsp3) is 0.950. The smallest absolute Gasteiger partial charge is 0.165 e. The Morgan fingerprint density at radius 2 is 1.82 bits per heavy atom. The van der Waals surface area contributed by atoms with Crippen LogP contribution in [0.4, 0.5) is 0 Å². The van der Waals surface area contributed by atoms with E-state index in [0.717, 1.165) is 25.2 Å². The number of hydrogen-bond acceptors (Lipinski definition) is 2. The van der Waals surface area contributed by atoms with Crippen LogP contribution in [0.2, 0.25) is 0 Å². The molecule has 130 valence electrons. The molecule has 0 N–H and O–H groups in total. The SMILES string of the molecule is COC1(C(=O)CCCCCCC(C)C)C(C)CCCC1(C)C. The quantitative estimate of drug-likeness (QED) is 0.504. The zero-order valence-electron chi connectivity index (χ0n) is 15.8. The largest absolute Gasteiger partial charge is 0.370 e. The van der Waals surface area contributed by atoms with Crippen LogP contribution in [0.25, 0.3) is 0 Å². The topological polar surface area (TPSA) is 26.3 Å². The highest BCUT2D eigenvalue weighted by atomic mass is 16.5. The molecule has 0 spiro atoms. The van der Waals surface area contributed by atoms with Crippen LogP contribution in [-0.2, 0) is 9.53 Å². The number of Topliss-reactive ketones (excluding diaryl/α,β-unsaturated/α-hetero) is 1. The van der Waals surface area contributed by atoms with E-state index in [0.29, 0.717) is 18.1 Å². The van der Waals surface area contributed by atoms with E-state index in [4.69, 9.17) is 4.74 Å². The van der Waals surface area contributed by atoms with Crippen LogP contribution in [0, 0.1) is 17.3 Å². The van der Waals surface area contributed by atoms with Crippen LogP contribution in [0.5, 0.6) is 0 Å². The number of ketones is 1. The first-order valence-corrected chi connectivity index (χ1v) is 9.36. The number of rotatable bonds is 9. The molecular weight excluding hydrogens is 272 g/mol. The molecule has 1 aliphatic rings. The van der Waals surface area contributed by atoms with Gasteiger partial charge in [-0.15, -0.1) is 0 Å². The third kappa shape index (κ3) is 4.34. The predicted octanol–water partition coefficient (Wildman–Crippen LogP) is 5.78. The van der Waals surface area contributed by atoms with Crippen molar-refractivity contribution in [1.29, 1.82) is 0 Å². The zero-order chi connectivity index (χ0) is 16.8. The van der Waals surface area contributed by atoms with Gasteiger partial charge in [0.2, 0.25) is 0 Å². The summed E-state index contributed by atoms with van der Waals surface area (Å²) in [5, 5.41) is 0. The third-order valence-corrected chi connectivity index (χ3v) is 5.81. The Morgan fingerprint density at radius 1 is 1.18 bits per heavy atom. The molecule has 0 bridgehead atoms. The number of carbonyl (C=O) groups is 1. The maximum Gasteiger partial charge on any atom is 0.165 e. The van der Waals surface area contributed by atoms with Gasteiger partial charge < -0.3 is 4.74 Å². The molecule has 1 rings (SSSR count).